The van der Waals surface area contributed by atoms with E-state index in [1.165, 1.54) is 13.1 Å². The van der Waals surface area contributed by atoms with Crippen molar-refractivity contribution in [2.24, 2.45) is 5.73 Å². The fraction of sp³-hybridized carbons (Fsp3) is 0.208. The summed E-state index contributed by atoms with van der Waals surface area (Å²) in [5.74, 6) is -0.0744. The molecule has 1 aliphatic rings. The monoisotopic (exact) mass is 446 g/mol. The second-order valence-corrected chi connectivity index (χ2v) is 7.93. The second-order valence-electron chi connectivity index (χ2n) is 7.93. The highest BCUT2D eigenvalue weighted by atomic mass is 19.1. The summed E-state index contributed by atoms with van der Waals surface area (Å²) in [7, 11) is 1.53. The van der Waals surface area contributed by atoms with Crippen molar-refractivity contribution in [1.29, 1.82) is 0 Å². The fourth-order valence-electron chi connectivity index (χ4n) is 3.83. The Morgan fingerprint density at radius 1 is 1.18 bits per heavy atom. The number of benzene rings is 2. The number of halogens is 1. The summed E-state index contributed by atoms with van der Waals surface area (Å²) < 4.78 is 22.2. The van der Waals surface area contributed by atoms with Crippen molar-refractivity contribution in [3.05, 3.63) is 77.7 Å². The van der Waals surface area contributed by atoms with Crippen LogP contribution in [0.15, 0.2) is 60.7 Å². The van der Waals surface area contributed by atoms with E-state index in [0.29, 0.717) is 30.0 Å². The Bertz CT molecular complexity index is 1320. The van der Waals surface area contributed by atoms with Crippen molar-refractivity contribution < 1.29 is 13.9 Å². The highest BCUT2D eigenvalue weighted by Crippen LogP contribution is 2.30. The van der Waals surface area contributed by atoms with Crippen LogP contribution in [0, 0.1) is 5.82 Å². The smallest absolute Gasteiger partial charge is 0.271 e. The molecule has 9 heteroatoms. The van der Waals surface area contributed by atoms with Crippen LogP contribution < -0.4 is 20.7 Å². The van der Waals surface area contributed by atoms with Gasteiger partial charge in [-0.25, -0.2) is 13.9 Å². The summed E-state index contributed by atoms with van der Waals surface area (Å²) in [6, 6.07) is 17.9. The first-order valence-corrected chi connectivity index (χ1v) is 10.6. The molecule has 0 aliphatic carbocycles. The molecule has 0 unspecified atom stereocenters. The molecule has 1 aliphatic heterocycles. The largest absolute Gasteiger partial charge is 0.486 e. The third-order valence-corrected chi connectivity index (χ3v) is 5.58. The highest BCUT2D eigenvalue weighted by Gasteiger charge is 2.26. The van der Waals surface area contributed by atoms with Gasteiger partial charge in [0.1, 0.15) is 18.1 Å². The van der Waals surface area contributed by atoms with Gasteiger partial charge in [0.15, 0.2) is 22.9 Å². The number of imidazole rings is 1. The van der Waals surface area contributed by atoms with E-state index in [1.807, 2.05) is 41.3 Å². The van der Waals surface area contributed by atoms with Gasteiger partial charge < -0.3 is 20.7 Å². The minimum atomic E-state index is -0.536. The zero-order valence-corrected chi connectivity index (χ0v) is 18.0. The third-order valence-electron chi connectivity index (χ3n) is 5.58. The van der Waals surface area contributed by atoms with Gasteiger partial charge in [-0.3, -0.25) is 4.79 Å². The van der Waals surface area contributed by atoms with Gasteiger partial charge in [-0.15, -0.1) is 5.10 Å². The maximum absolute atomic E-state index is 15.0. The number of nitrogens with one attached hydrogen (secondary N) is 1. The van der Waals surface area contributed by atoms with Gasteiger partial charge in [-0.05, 0) is 35.9 Å². The highest BCUT2D eigenvalue weighted by molar-refractivity contribution is 5.99. The normalized spacial score (nSPS) is 13.7. The number of carbonyl (C=O) groups excluding carboxylic acids is 1. The van der Waals surface area contributed by atoms with Crippen molar-refractivity contribution in [3.63, 3.8) is 0 Å². The van der Waals surface area contributed by atoms with E-state index in [1.54, 1.807) is 22.7 Å². The van der Waals surface area contributed by atoms with E-state index in [0.717, 1.165) is 11.4 Å². The van der Waals surface area contributed by atoms with Crippen LogP contribution in [0.25, 0.3) is 16.9 Å². The number of rotatable bonds is 6. The standard InChI is InChI=1S/C24H23FN6O2/c1-27-24(32)22-23(31-20(28-22)9-10-21(29-31)30-12-17(26)13-30)16-7-8-19(18(25)11-16)33-14-15-5-3-2-4-6-15/h2-11,17H,12-14,26H2,1H3,(H,27,32). The lowest BCUT2D eigenvalue weighted by atomic mass is 10.1. The number of aromatic nitrogens is 3. The summed E-state index contributed by atoms with van der Waals surface area (Å²) in [6.07, 6.45) is 0. The van der Waals surface area contributed by atoms with Crippen LogP contribution in [-0.4, -0.2) is 46.7 Å². The molecule has 2 aromatic heterocycles. The second kappa shape index (κ2) is 8.51. The number of fused-ring (bicyclic) bond motifs is 1. The molecular formula is C24H23FN6O2. The molecular weight excluding hydrogens is 423 g/mol. The number of nitrogens with zero attached hydrogens (tertiary/aromatic N) is 4. The first kappa shape index (κ1) is 20.9. The average molecular weight is 446 g/mol. The molecule has 8 nitrogen and oxygen atoms in total. The molecule has 168 valence electrons. The number of hydrogen-bond acceptors (Lipinski definition) is 6. The molecule has 0 bridgehead atoms. The molecule has 3 heterocycles. The van der Waals surface area contributed by atoms with Crippen molar-refractivity contribution in [1.82, 2.24) is 19.9 Å². The summed E-state index contributed by atoms with van der Waals surface area (Å²) in [5.41, 5.74) is 8.37. The lowest BCUT2D eigenvalue weighted by molar-refractivity contribution is 0.0959. The molecule has 1 fully saturated rings. The summed E-state index contributed by atoms with van der Waals surface area (Å²) in [4.78, 5) is 19.0. The number of anilines is 1. The van der Waals surface area contributed by atoms with Crippen LogP contribution in [0.4, 0.5) is 10.2 Å². The van der Waals surface area contributed by atoms with E-state index in [2.05, 4.69) is 15.4 Å². The lowest BCUT2D eigenvalue weighted by Crippen LogP contribution is -2.56. The summed E-state index contributed by atoms with van der Waals surface area (Å²) in [5, 5.41) is 7.26. The first-order chi connectivity index (χ1) is 16.0. The van der Waals surface area contributed by atoms with Gasteiger partial charge in [0, 0.05) is 31.7 Å². The number of ether oxygens (including phenoxy) is 1. The van der Waals surface area contributed by atoms with Crippen LogP contribution in [0.1, 0.15) is 16.1 Å². The molecule has 0 spiro atoms. The Morgan fingerprint density at radius 2 is 1.97 bits per heavy atom. The quantitative estimate of drug-likeness (QED) is 0.473. The summed E-state index contributed by atoms with van der Waals surface area (Å²) >= 11 is 0. The Kier molecular flexibility index (Phi) is 5.39. The Hall–Kier alpha value is -3.98. The van der Waals surface area contributed by atoms with Crippen LogP contribution >= 0.6 is 0 Å². The molecule has 4 aromatic rings. The van der Waals surface area contributed by atoms with Crippen molar-refractivity contribution in [2.75, 3.05) is 25.0 Å². The number of amides is 1. The van der Waals surface area contributed by atoms with E-state index in [4.69, 9.17) is 10.5 Å². The molecule has 2 aromatic carbocycles. The fourth-order valence-corrected chi connectivity index (χ4v) is 3.83. The molecule has 1 saturated heterocycles. The van der Waals surface area contributed by atoms with Gasteiger partial charge in [-0.2, -0.15) is 0 Å². The molecule has 1 amide bonds. The van der Waals surface area contributed by atoms with E-state index >= 15 is 0 Å². The van der Waals surface area contributed by atoms with Crippen LogP contribution in [0.5, 0.6) is 5.75 Å². The Balaban J connectivity index is 1.52. The predicted octanol–water partition coefficient (Wildman–Crippen LogP) is 2.62. The Morgan fingerprint density at radius 3 is 2.67 bits per heavy atom. The SMILES string of the molecule is CNC(=O)c1nc2ccc(N3CC(N)C3)nn2c1-c1ccc(OCc2ccccc2)c(F)c1. The molecule has 0 radical (unpaired) electrons. The lowest BCUT2D eigenvalue weighted by Gasteiger charge is -2.37. The third kappa shape index (κ3) is 3.98. The zero-order valence-electron chi connectivity index (χ0n) is 18.0. The topological polar surface area (TPSA) is 97.8 Å². The number of carbonyl (C=O) groups is 1. The van der Waals surface area contributed by atoms with Gasteiger partial charge in [0.2, 0.25) is 0 Å². The van der Waals surface area contributed by atoms with Gasteiger partial charge in [0.05, 0.1) is 0 Å². The zero-order chi connectivity index (χ0) is 22.9. The van der Waals surface area contributed by atoms with Crippen molar-refractivity contribution in [2.45, 2.75) is 12.6 Å². The van der Waals surface area contributed by atoms with E-state index in [9.17, 15) is 9.18 Å². The van der Waals surface area contributed by atoms with Gasteiger partial charge >= 0.3 is 0 Å². The first-order valence-electron chi connectivity index (χ1n) is 10.6. The average Bonchev–Trinajstić information content (AvgIpc) is 3.20. The van der Waals surface area contributed by atoms with Crippen molar-refractivity contribution in [3.8, 4) is 17.0 Å². The number of hydrogen-bond donors (Lipinski definition) is 2. The minimum absolute atomic E-state index is 0.115. The van der Waals surface area contributed by atoms with Crippen LogP contribution in [0.3, 0.4) is 0 Å². The van der Waals surface area contributed by atoms with Crippen molar-refractivity contribution >= 4 is 17.4 Å². The van der Waals surface area contributed by atoms with Crippen LogP contribution in [-0.2, 0) is 6.61 Å². The molecule has 0 saturated carbocycles. The van der Waals surface area contributed by atoms with E-state index < -0.39 is 5.82 Å². The molecule has 3 N–H and O–H groups in total. The Labute approximate surface area is 189 Å². The molecule has 0 atom stereocenters. The van der Waals surface area contributed by atoms with Gasteiger partial charge in [0.25, 0.3) is 5.91 Å². The molecule has 33 heavy (non-hydrogen) atoms. The predicted molar refractivity (Wildman–Crippen MR) is 123 cm³/mol. The molecule has 5 rings (SSSR count). The maximum Gasteiger partial charge on any atom is 0.271 e. The summed E-state index contributed by atoms with van der Waals surface area (Å²) in [6.45, 7) is 1.65. The van der Waals surface area contributed by atoms with Gasteiger partial charge in [-0.1, -0.05) is 30.3 Å². The van der Waals surface area contributed by atoms with Crippen LogP contribution in [0.2, 0.25) is 0 Å². The maximum atomic E-state index is 15.0. The van der Waals surface area contributed by atoms with E-state index in [-0.39, 0.29) is 30.0 Å². The minimum Gasteiger partial charge on any atom is -0.486 e. The number of nitrogens with two attached hydrogens (primary N) is 1.